The topological polar surface area (TPSA) is 46.5 Å². The third kappa shape index (κ3) is 3.76. The molecule has 0 aliphatic rings. The van der Waals surface area contributed by atoms with Crippen LogP contribution in [0.3, 0.4) is 0 Å². The Morgan fingerprint density at radius 2 is 1.95 bits per heavy atom. The van der Waals surface area contributed by atoms with Crippen molar-refractivity contribution >= 4 is 17.6 Å². The van der Waals surface area contributed by atoms with Gasteiger partial charge in [-0.2, -0.15) is 0 Å². The number of benzene rings is 2. The molecule has 0 heterocycles. The lowest BCUT2D eigenvalue weighted by Crippen LogP contribution is -2.02. The van der Waals surface area contributed by atoms with Crippen LogP contribution in [0.1, 0.15) is 29.2 Å². The van der Waals surface area contributed by atoms with Crippen molar-refractivity contribution in [1.29, 1.82) is 0 Å². The van der Waals surface area contributed by atoms with E-state index in [0.717, 1.165) is 22.4 Å². The van der Waals surface area contributed by atoms with Gasteiger partial charge in [-0.25, -0.2) is 4.79 Å². The van der Waals surface area contributed by atoms with E-state index in [-0.39, 0.29) is 5.57 Å². The monoisotopic (exact) mass is 296 g/mol. The summed E-state index contributed by atoms with van der Waals surface area (Å²) in [4.78, 5) is 11.7. The van der Waals surface area contributed by atoms with Crippen LogP contribution in [0.25, 0.3) is 11.6 Å². The van der Waals surface area contributed by atoms with Gasteiger partial charge < -0.3 is 9.84 Å². The number of rotatable bonds is 5. The van der Waals surface area contributed by atoms with E-state index in [1.165, 1.54) is 0 Å². The lowest BCUT2D eigenvalue weighted by molar-refractivity contribution is -0.130. The van der Waals surface area contributed by atoms with E-state index < -0.39 is 5.97 Å². The Hall–Kier alpha value is -2.55. The van der Waals surface area contributed by atoms with Crippen LogP contribution in [0.4, 0.5) is 0 Å². The average molecular weight is 296 g/mol. The molecule has 0 aliphatic carbocycles. The largest absolute Gasteiger partial charge is 0.494 e. The molecule has 1 N–H and O–H groups in total. The van der Waals surface area contributed by atoms with Crippen LogP contribution in [0.15, 0.2) is 42.5 Å². The lowest BCUT2D eigenvalue weighted by Gasteiger charge is -2.10. The summed E-state index contributed by atoms with van der Waals surface area (Å²) in [5.74, 6) is -0.183. The second-order valence-electron chi connectivity index (χ2n) is 5.19. The fourth-order valence-corrected chi connectivity index (χ4v) is 2.38. The predicted molar refractivity (Wildman–Crippen MR) is 89.0 cm³/mol. The number of aryl methyl sites for hydroxylation is 2. The first-order chi connectivity index (χ1) is 10.5. The minimum Gasteiger partial charge on any atom is -0.494 e. The van der Waals surface area contributed by atoms with Crippen molar-refractivity contribution < 1.29 is 14.6 Å². The third-order valence-corrected chi connectivity index (χ3v) is 3.38. The van der Waals surface area contributed by atoms with E-state index in [1.54, 1.807) is 18.2 Å². The van der Waals surface area contributed by atoms with Crippen LogP contribution in [-0.2, 0) is 4.79 Å². The SMILES string of the molecule is CCOc1ccc(/C(=C/c2cccc(C)c2)C(=O)O)c(C)c1. The molecule has 2 aromatic rings. The Bertz CT molecular complexity index is 714. The van der Waals surface area contributed by atoms with Gasteiger partial charge in [0.05, 0.1) is 12.2 Å². The number of hydrogen-bond acceptors (Lipinski definition) is 2. The first-order valence-corrected chi connectivity index (χ1v) is 7.26. The number of hydrogen-bond donors (Lipinski definition) is 1. The summed E-state index contributed by atoms with van der Waals surface area (Å²) >= 11 is 0. The normalized spacial score (nSPS) is 11.3. The Morgan fingerprint density at radius 1 is 1.18 bits per heavy atom. The molecule has 0 spiro atoms. The Kier molecular flexibility index (Phi) is 4.99. The summed E-state index contributed by atoms with van der Waals surface area (Å²) in [7, 11) is 0. The minimum absolute atomic E-state index is 0.283. The molecule has 3 nitrogen and oxygen atoms in total. The number of aliphatic carboxylic acids is 1. The summed E-state index contributed by atoms with van der Waals surface area (Å²) in [5, 5.41) is 9.55. The van der Waals surface area contributed by atoms with E-state index in [9.17, 15) is 9.90 Å². The minimum atomic E-state index is -0.936. The molecule has 0 fully saturated rings. The van der Waals surface area contributed by atoms with Crippen LogP contribution >= 0.6 is 0 Å². The van der Waals surface area contributed by atoms with Gasteiger partial charge in [0.25, 0.3) is 0 Å². The molecule has 0 aliphatic heterocycles. The van der Waals surface area contributed by atoms with Crippen LogP contribution < -0.4 is 4.74 Å². The fourth-order valence-electron chi connectivity index (χ4n) is 2.38. The molecule has 2 rings (SSSR count). The average Bonchev–Trinajstić information content (AvgIpc) is 2.46. The van der Waals surface area contributed by atoms with E-state index >= 15 is 0 Å². The zero-order valence-electron chi connectivity index (χ0n) is 13.1. The van der Waals surface area contributed by atoms with Crippen LogP contribution in [0.5, 0.6) is 5.75 Å². The molecule has 0 bridgehead atoms. The Morgan fingerprint density at radius 3 is 2.55 bits per heavy atom. The van der Waals surface area contributed by atoms with E-state index in [4.69, 9.17) is 4.74 Å². The van der Waals surface area contributed by atoms with Crippen molar-refractivity contribution in [2.24, 2.45) is 0 Å². The summed E-state index contributed by atoms with van der Waals surface area (Å²) in [6, 6.07) is 13.2. The Balaban J connectivity index is 2.46. The van der Waals surface area contributed by atoms with E-state index in [2.05, 4.69) is 0 Å². The molecular weight excluding hydrogens is 276 g/mol. The molecule has 0 unspecified atom stereocenters. The van der Waals surface area contributed by atoms with Gasteiger partial charge in [0.1, 0.15) is 5.75 Å². The molecule has 22 heavy (non-hydrogen) atoms. The summed E-state index contributed by atoms with van der Waals surface area (Å²) in [6.07, 6.45) is 1.71. The van der Waals surface area contributed by atoms with Gasteiger partial charge in [-0.05, 0) is 55.7 Å². The standard InChI is InChI=1S/C19H20O3/c1-4-22-16-8-9-17(14(3)11-16)18(19(20)21)12-15-7-5-6-13(2)10-15/h5-12H,4H2,1-3H3,(H,20,21)/b18-12-. The molecule has 0 aromatic heterocycles. The summed E-state index contributed by atoms with van der Waals surface area (Å²) < 4.78 is 5.45. The first kappa shape index (κ1) is 15.8. The molecule has 2 aromatic carbocycles. The molecule has 0 radical (unpaired) electrons. The number of carboxylic acids is 1. The second kappa shape index (κ2) is 6.94. The molecule has 3 heteroatoms. The number of carbonyl (C=O) groups is 1. The van der Waals surface area contributed by atoms with Gasteiger partial charge >= 0.3 is 5.97 Å². The van der Waals surface area contributed by atoms with Gasteiger partial charge in [0.2, 0.25) is 0 Å². The first-order valence-electron chi connectivity index (χ1n) is 7.26. The van der Waals surface area contributed by atoms with Crippen molar-refractivity contribution in [3.8, 4) is 5.75 Å². The van der Waals surface area contributed by atoms with Crippen LogP contribution in [-0.4, -0.2) is 17.7 Å². The summed E-state index contributed by atoms with van der Waals surface area (Å²) in [6.45, 7) is 6.39. The molecule has 0 saturated heterocycles. The van der Waals surface area contributed by atoms with Gasteiger partial charge in [0, 0.05) is 0 Å². The fraction of sp³-hybridized carbons (Fsp3) is 0.211. The second-order valence-corrected chi connectivity index (χ2v) is 5.19. The quantitative estimate of drug-likeness (QED) is 0.660. The van der Waals surface area contributed by atoms with Crippen molar-refractivity contribution in [3.05, 3.63) is 64.7 Å². The highest BCUT2D eigenvalue weighted by molar-refractivity contribution is 6.21. The zero-order chi connectivity index (χ0) is 16.1. The molecule has 0 saturated carbocycles. The van der Waals surface area contributed by atoms with Crippen LogP contribution in [0, 0.1) is 13.8 Å². The maximum absolute atomic E-state index is 11.7. The summed E-state index contributed by atoms with van der Waals surface area (Å²) in [5.41, 5.74) is 3.85. The highest BCUT2D eigenvalue weighted by Gasteiger charge is 2.13. The molecule has 0 atom stereocenters. The van der Waals surface area contributed by atoms with Crippen molar-refractivity contribution in [2.75, 3.05) is 6.61 Å². The molecule has 0 amide bonds. The molecule has 114 valence electrons. The zero-order valence-corrected chi connectivity index (χ0v) is 13.1. The maximum Gasteiger partial charge on any atom is 0.336 e. The lowest BCUT2D eigenvalue weighted by atomic mass is 9.98. The van der Waals surface area contributed by atoms with Gasteiger partial charge in [0.15, 0.2) is 0 Å². The smallest absolute Gasteiger partial charge is 0.336 e. The van der Waals surface area contributed by atoms with E-state index in [0.29, 0.717) is 12.2 Å². The molecular formula is C19H20O3. The predicted octanol–water partition coefficient (Wildman–Crippen LogP) is 4.33. The van der Waals surface area contributed by atoms with Crippen LogP contribution in [0.2, 0.25) is 0 Å². The van der Waals surface area contributed by atoms with Crippen molar-refractivity contribution in [3.63, 3.8) is 0 Å². The third-order valence-electron chi connectivity index (χ3n) is 3.38. The van der Waals surface area contributed by atoms with Gasteiger partial charge in [-0.3, -0.25) is 0 Å². The number of ether oxygens (including phenoxy) is 1. The van der Waals surface area contributed by atoms with Crippen molar-refractivity contribution in [1.82, 2.24) is 0 Å². The highest BCUT2D eigenvalue weighted by Crippen LogP contribution is 2.26. The highest BCUT2D eigenvalue weighted by atomic mass is 16.5. The maximum atomic E-state index is 11.7. The number of carboxylic acid groups (broad SMARTS) is 1. The van der Waals surface area contributed by atoms with Gasteiger partial charge in [-0.15, -0.1) is 0 Å². The van der Waals surface area contributed by atoms with E-state index in [1.807, 2.05) is 51.1 Å². The van der Waals surface area contributed by atoms with Gasteiger partial charge in [-0.1, -0.05) is 35.9 Å². The Labute approximate surface area is 130 Å². The van der Waals surface area contributed by atoms with Crippen molar-refractivity contribution in [2.45, 2.75) is 20.8 Å².